The van der Waals surface area contributed by atoms with E-state index in [0.717, 1.165) is 0 Å². The molecule has 0 aliphatic rings. The predicted octanol–water partition coefficient (Wildman–Crippen LogP) is 3.05. The standard InChI is InChI=1S/C13H16N2O2/c1-9(2)10-3-5-12(6-4-10)17-13-15-11(7-14)8-16-13/h3-6,8-9H,7,14H2,1-2H3. The molecule has 1 heterocycles. The van der Waals surface area contributed by atoms with Gasteiger partial charge in [-0.25, -0.2) is 0 Å². The molecule has 0 aliphatic heterocycles. The predicted molar refractivity (Wildman–Crippen MR) is 65.0 cm³/mol. The molecular formula is C13H16N2O2. The van der Waals surface area contributed by atoms with Gasteiger partial charge in [-0.05, 0) is 23.6 Å². The number of oxazole rings is 1. The summed E-state index contributed by atoms with van der Waals surface area (Å²) in [5.41, 5.74) is 7.38. The summed E-state index contributed by atoms with van der Waals surface area (Å²) in [5, 5.41) is 0. The van der Waals surface area contributed by atoms with Crippen LogP contribution in [0.1, 0.15) is 31.0 Å². The fraction of sp³-hybridized carbons (Fsp3) is 0.308. The lowest BCUT2D eigenvalue weighted by molar-refractivity contribution is 0.330. The molecule has 4 nitrogen and oxygen atoms in total. The molecule has 4 heteroatoms. The average molecular weight is 232 g/mol. The molecule has 2 aromatic rings. The van der Waals surface area contributed by atoms with Gasteiger partial charge in [0.2, 0.25) is 0 Å². The van der Waals surface area contributed by atoms with Crippen molar-refractivity contribution in [1.29, 1.82) is 0 Å². The van der Waals surface area contributed by atoms with Crippen molar-refractivity contribution in [3.8, 4) is 11.8 Å². The largest absolute Gasteiger partial charge is 0.417 e. The minimum absolute atomic E-state index is 0.225. The Hall–Kier alpha value is -1.81. The molecular weight excluding hydrogens is 216 g/mol. The van der Waals surface area contributed by atoms with E-state index in [-0.39, 0.29) is 6.08 Å². The SMILES string of the molecule is CC(C)c1ccc(Oc2nc(CN)co2)cc1. The Kier molecular flexibility index (Phi) is 3.44. The summed E-state index contributed by atoms with van der Waals surface area (Å²) in [7, 11) is 0. The first kappa shape index (κ1) is 11.7. The Morgan fingerprint density at radius 2 is 2.00 bits per heavy atom. The molecule has 0 radical (unpaired) electrons. The number of benzene rings is 1. The molecule has 0 spiro atoms. The first-order valence-corrected chi connectivity index (χ1v) is 5.61. The molecule has 2 N–H and O–H groups in total. The monoisotopic (exact) mass is 232 g/mol. The third kappa shape index (κ3) is 2.85. The van der Waals surface area contributed by atoms with Crippen molar-refractivity contribution < 1.29 is 9.15 Å². The Morgan fingerprint density at radius 3 is 2.53 bits per heavy atom. The first-order valence-electron chi connectivity index (χ1n) is 5.61. The fourth-order valence-corrected chi connectivity index (χ4v) is 1.45. The van der Waals surface area contributed by atoms with Crippen molar-refractivity contribution in [1.82, 2.24) is 4.98 Å². The van der Waals surface area contributed by atoms with E-state index in [0.29, 0.717) is 23.9 Å². The van der Waals surface area contributed by atoms with Crippen molar-refractivity contribution in [2.45, 2.75) is 26.3 Å². The van der Waals surface area contributed by atoms with Crippen LogP contribution in [0.25, 0.3) is 0 Å². The second-order valence-corrected chi connectivity index (χ2v) is 4.13. The van der Waals surface area contributed by atoms with Crippen molar-refractivity contribution >= 4 is 0 Å². The minimum Gasteiger partial charge on any atom is -0.417 e. The quantitative estimate of drug-likeness (QED) is 0.880. The van der Waals surface area contributed by atoms with Gasteiger partial charge >= 0.3 is 6.08 Å². The van der Waals surface area contributed by atoms with Gasteiger partial charge < -0.3 is 14.9 Å². The molecule has 1 aromatic carbocycles. The molecule has 0 bridgehead atoms. The molecule has 0 fully saturated rings. The van der Waals surface area contributed by atoms with Gasteiger partial charge in [0.05, 0.1) is 5.69 Å². The van der Waals surface area contributed by atoms with Gasteiger partial charge in [0.15, 0.2) is 0 Å². The van der Waals surface area contributed by atoms with E-state index >= 15 is 0 Å². The first-order chi connectivity index (χ1) is 8.19. The summed E-state index contributed by atoms with van der Waals surface area (Å²) in [6.07, 6.45) is 1.72. The molecule has 0 saturated heterocycles. The van der Waals surface area contributed by atoms with Gasteiger partial charge in [-0.3, -0.25) is 0 Å². The molecule has 2 rings (SSSR count). The highest BCUT2D eigenvalue weighted by atomic mass is 16.6. The lowest BCUT2D eigenvalue weighted by Gasteiger charge is -2.06. The zero-order valence-electron chi connectivity index (χ0n) is 10.0. The zero-order valence-corrected chi connectivity index (χ0v) is 10.0. The van der Waals surface area contributed by atoms with Crippen molar-refractivity contribution in [2.75, 3.05) is 0 Å². The summed E-state index contributed by atoms with van der Waals surface area (Å²) in [4.78, 5) is 4.07. The van der Waals surface area contributed by atoms with E-state index < -0.39 is 0 Å². The van der Waals surface area contributed by atoms with Crippen LogP contribution < -0.4 is 10.5 Å². The Labute approximate surface area is 100 Å². The molecule has 0 atom stereocenters. The Morgan fingerprint density at radius 1 is 1.29 bits per heavy atom. The van der Waals surface area contributed by atoms with Crippen molar-refractivity contribution in [3.63, 3.8) is 0 Å². The van der Waals surface area contributed by atoms with Gasteiger partial charge in [-0.2, -0.15) is 4.98 Å². The number of hydrogen-bond acceptors (Lipinski definition) is 4. The lowest BCUT2D eigenvalue weighted by Crippen LogP contribution is -1.95. The maximum Gasteiger partial charge on any atom is 0.399 e. The normalized spacial score (nSPS) is 10.8. The Balaban J connectivity index is 2.08. The molecule has 17 heavy (non-hydrogen) atoms. The van der Waals surface area contributed by atoms with Gasteiger partial charge in [0.1, 0.15) is 12.0 Å². The van der Waals surface area contributed by atoms with E-state index in [1.165, 1.54) is 11.8 Å². The maximum atomic E-state index is 5.46. The summed E-state index contributed by atoms with van der Waals surface area (Å²) in [6, 6.07) is 7.88. The second kappa shape index (κ2) is 5.01. The molecule has 0 amide bonds. The van der Waals surface area contributed by atoms with Crippen molar-refractivity contribution in [2.24, 2.45) is 5.73 Å². The molecule has 0 saturated carbocycles. The third-order valence-corrected chi connectivity index (χ3v) is 2.49. The molecule has 1 aromatic heterocycles. The van der Waals surface area contributed by atoms with E-state index in [1.54, 1.807) is 0 Å². The van der Waals surface area contributed by atoms with E-state index in [9.17, 15) is 0 Å². The summed E-state index contributed by atoms with van der Waals surface area (Å²) in [6.45, 7) is 4.65. The third-order valence-electron chi connectivity index (χ3n) is 2.49. The molecule has 0 unspecified atom stereocenters. The van der Waals surface area contributed by atoms with Crippen LogP contribution in [-0.2, 0) is 6.54 Å². The maximum absolute atomic E-state index is 5.46. The summed E-state index contributed by atoms with van der Waals surface area (Å²) < 4.78 is 10.6. The number of nitrogens with two attached hydrogens (primary N) is 1. The molecule has 0 aliphatic carbocycles. The van der Waals surface area contributed by atoms with Crippen LogP contribution in [0, 0.1) is 0 Å². The van der Waals surface area contributed by atoms with Gasteiger partial charge in [0.25, 0.3) is 0 Å². The Bertz CT molecular complexity index is 474. The van der Waals surface area contributed by atoms with Crippen LogP contribution in [0.15, 0.2) is 34.9 Å². The molecule has 90 valence electrons. The van der Waals surface area contributed by atoms with Gasteiger partial charge in [-0.1, -0.05) is 26.0 Å². The number of hydrogen-bond donors (Lipinski definition) is 1. The highest BCUT2D eigenvalue weighted by Gasteiger charge is 2.05. The van der Waals surface area contributed by atoms with Gasteiger partial charge in [0, 0.05) is 6.54 Å². The van der Waals surface area contributed by atoms with E-state index in [4.69, 9.17) is 14.9 Å². The summed E-state index contributed by atoms with van der Waals surface area (Å²) in [5.74, 6) is 1.22. The second-order valence-electron chi connectivity index (χ2n) is 4.13. The van der Waals surface area contributed by atoms with E-state index in [2.05, 4.69) is 18.8 Å². The van der Waals surface area contributed by atoms with Crippen LogP contribution in [0.2, 0.25) is 0 Å². The highest BCUT2D eigenvalue weighted by molar-refractivity contribution is 5.30. The number of aromatic nitrogens is 1. The number of rotatable bonds is 4. The smallest absolute Gasteiger partial charge is 0.399 e. The van der Waals surface area contributed by atoms with E-state index in [1.807, 2.05) is 24.3 Å². The highest BCUT2D eigenvalue weighted by Crippen LogP contribution is 2.23. The average Bonchev–Trinajstić information content (AvgIpc) is 2.77. The topological polar surface area (TPSA) is 61.3 Å². The van der Waals surface area contributed by atoms with Crippen LogP contribution in [0.4, 0.5) is 0 Å². The fourth-order valence-electron chi connectivity index (χ4n) is 1.45. The van der Waals surface area contributed by atoms with Crippen LogP contribution in [0.5, 0.6) is 11.8 Å². The van der Waals surface area contributed by atoms with Crippen LogP contribution in [-0.4, -0.2) is 4.98 Å². The van der Waals surface area contributed by atoms with Crippen molar-refractivity contribution in [3.05, 3.63) is 41.8 Å². The van der Waals surface area contributed by atoms with Gasteiger partial charge in [-0.15, -0.1) is 0 Å². The summed E-state index contributed by atoms with van der Waals surface area (Å²) >= 11 is 0. The number of ether oxygens (including phenoxy) is 1. The lowest BCUT2D eigenvalue weighted by atomic mass is 10.0. The van der Waals surface area contributed by atoms with Crippen LogP contribution in [0.3, 0.4) is 0 Å². The zero-order chi connectivity index (χ0) is 12.3. The minimum atomic E-state index is 0.225. The van der Waals surface area contributed by atoms with Crippen LogP contribution >= 0.6 is 0 Å². The number of nitrogens with zero attached hydrogens (tertiary/aromatic N) is 1.